The van der Waals surface area contributed by atoms with E-state index < -0.39 is 9.84 Å². The van der Waals surface area contributed by atoms with Crippen LogP contribution in [0.1, 0.15) is 5.56 Å². The lowest BCUT2D eigenvalue weighted by molar-refractivity contribution is 0.414. The van der Waals surface area contributed by atoms with Crippen molar-refractivity contribution in [3.05, 3.63) is 36.2 Å². The van der Waals surface area contributed by atoms with Crippen molar-refractivity contribution in [2.75, 3.05) is 7.11 Å². The van der Waals surface area contributed by atoms with E-state index in [-0.39, 0.29) is 10.9 Å². The van der Waals surface area contributed by atoms with Crippen LogP contribution in [0, 0.1) is 0 Å². The van der Waals surface area contributed by atoms with Crippen LogP contribution in [0.2, 0.25) is 0 Å². The molecule has 7 heteroatoms. The normalized spacial score (nSPS) is 11.4. The van der Waals surface area contributed by atoms with Crippen molar-refractivity contribution >= 4 is 9.84 Å². The molecule has 1 aromatic carbocycles. The number of nitrogens with zero attached hydrogens (tertiary/aromatic N) is 3. The fourth-order valence-corrected chi connectivity index (χ4v) is 3.01. The zero-order valence-electron chi connectivity index (χ0n) is 10.1. The van der Waals surface area contributed by atoms with Crippen LogP contribution in [-0.2, 0) is 22.6 Å². The van der Waals surface area contributed by atoms with Crippen LogP contribution >= 0.6 is 0 Å². The summed E-state index contributed by atoms with van der Waals surface area (Å²) in [5, 5.41) is 7.16. The number of hydrogen-bond acceptors (Lipinski definition) is 5. The summed E-state index contributed by atoms with van der Waals surface area (Å²) in [6.45, 7) is 0. The van der Waals surface area contributed by atoms with Gasteiger partial charge in [0.1, 0.15) is 12.1 Å². The van der Waals surface area contributed by atoms with Crippen LogP contribution in [0.15, 0.2) is 35.7 Å². The largest absolute Gasteiger partial charge is 0.497 e. The van der Waals surface area contributed by atoms with Gasteiger partial charge in [0.25, 0.3) is 0 Å². The first kappa shape index (κ1) is 12.6. The molecule has 0 unspecified atom stereocenters. The van der Waals surface area contributed by atoms with Gasteiger partial charge in [0, 0.05) is 7.05 Å². The van der Waals surface area contributed by atoms with E-state index >= 15 is 0 Å². The minimum absolute atomic E-state index is 0.0367. The molecule has 2 rings (SSSR count). The minimum atomic E-state index is -3.49. The van der Waals surface area contributed by atoms with Crippen LogP contribution < -0.4 is 4.74 Å². The smallest absolute Gasteiger partial charge is 0.249 e. The molecule has 0 bridgehead atoms. The number of hydrogen-bond donors (Lipinski definition) is 0. The Labute approximate surface area is 105 Å². The van der Waals surface area contributed by atoms with Crippen LogP contribution in [0.5, 0.6) is 5.75 Å². The van der Waals surface area contributed by atoms with E-state index in [9.17, 15) is 8.42 Å². The van der Waals surface area contributed by atoms with Crippen molar-refractivity contribution in [3.8, 4) is 5.75 Å². The number of aryl methyl sites for hydroxylation is 1. The first-order chi connectivity index (χ1) is 8.53. The third-order valence-electron chi connectivity index (χ3n) is 2.44. The van der Waals surface area contributed by atoms with Gasteiger partial charge >= 0.3 is 0 Å². The van der Waals surface area contributed by atoms with Crippen LogP contribution in [0.4, 0.5) is 0 Å². The summed E-state index contributed by atoms with van der Waals surface area (Å²) in [5.41, 5.74) is 0.650. The van der Waals surface area contributed by atoms with Crippen molar-refractivity contribution < 1.29 is 13.2 Å². The molecule has 0 N–H and O–H groups in total. The summed E-state index contributed by atoms with van der Waals surface area (Å²) in [5.74, 6) is 0.497. The van der Waals surface area contributed by atoms with Gasteiger partial charge in [0.15, 0.2) is 0 Å². The average Bonchev–Trinajstić information content (AvgIpc) is 2.76. The van der Waals surface area contributed by atoms with Gasteiger partial charge < -0.3 is 9.30 Å². The molecular weight excluding hydrogens is 254 g/mol. The highest BCUT2D eigenvalue weighted by molar-refractivity contribution is 7.90. The zero-order valence-corrected chi connectivity index (χ0v) is 10.9. The van der Waals surface area contributed by atoms with Crippen LogP contribution in [0.3, 0.4) is 0 Å². The van der Waals surface area contributed by atoms with E-state index in [2.05, 4.69) is 10.2 Å². The first-order valence-electron chi connectivity index (χ1n) is 5.22. The second-order valence-corrected chi connectivity index (χ2v) is 5.72. The topological polar surface area (TPSA) is 74.1 Å². The summed E-state index contributed by atoms with van der Waals surface area (Å²) < 4.78 is 30.7. The van der Waals surface area contributed by atoms with Crippen molar-refractivity contribution in [2.24, 2.45) is 7.05 Å². The third-order valence-corrected chi connectivity index (χ3v) is 4.08. The van der Waals surface area contributed by atoms with Gasteiger partial charge in [0.2, 0.25) is 15.0 Å². The molecule has 0 radical (unpaired) electrons. The lowest BCUT2D eigenvalue weighted by atomic mass is 10.2. The summed E-state index contributed by atoms with van der Waals surface area (Å²) >= 11 is 0. The Kier molecular flexibility index (Phi) is 3.33. The number of sulfone groups is 1. The fraction of sp³-hybridized carbons (Fsp3) is 0.273. The summed E-state index contributed by atoms with van der Waals surface area (Å²) in [7, 11) is -0.358. The molecule has 0 spiro atoms. The molecule has 1 aromatic heterocycles. The van der Waals surface area contributed by atoms with Gasteiger partial charge in [-0.05, 0) is 17.7 Å². The second-order valence-electron chi connectivity index (χ2n) is 3.84. The van der Waals surface area contributed by atoms with Gasteiger partial charge in [0.05, 0.1) is 12.9 Å². The standard InChI is InChI=1S/C11H13N3O3S/c1-14-8-12-13-11(14)18(15,16)7-9-4-3-5-10(6-9)17-2/h3-6,8H,7H2,1-2H3. The Morgan fingerprint density at radius 3 is 2.78 bits per heavy atom. The SMILES string of the molecule is COc1cccc(CS(=O)(=O)c2nncn2C)c1. The molecule has 2 aromatic rings. The van der Waals surface area contributed by atoms with E-state index in [1.165, 1.54) is 18.0 Å². The van der Waals surface area contributed by atoms with E-state index in [0.717, 1.165) is 0 Å². The summed E-state index contributed by atoms with van der Waals surface area (Å²) in [6.07, 6.45) is 1.36. The van der Waals surface area contributed by atoms with Crippen LogP contribution in [0.25, 0.3) is 0 Å². The number of rotatable bonds is 4. The van der Waals surface area contributed by atoms with Crippen molar-refractivity contribution in [1.29, 1.82) is 0 Å². The highest BCUT2D eigenvalue weighted by atomic mass is 32.2. The maximum atomic E-state index is 12.1. The molecular formula is C11H13N3O3S. The average molecular weight is 267 g/mol. The molecule has 96 valence electrons. The third kappa shape index (κ3) is 2.51. The first-order valence-corrected chi connectivity index (χ1v) is 6.88. The zero-order chi connectivity index (χ0) is 13.2. The molecule has 18 heavy (non-hydrogen) atoms. The Balaban J connectivity index is 2.31. The Hall–Kier alpha value is -1.89. The van der Waals surface area contributed by atoms with Crippen molar-refractivity contribution in [3.63, 3.8) is 0 Å². The van der Waals surface area contributed by atoms with Gasteiger partial charge in [-0.1, -0.05) is 12.1 Å². The molecule has 0 amide bonds. The molecule has 0 aliphatic heterocycles. The van der Waals surface area contributed by atoms with E-state index in [1.54, 1.807) is 31.3 Å². The number of benzene rings is 1. The molecule has 0 aliphatic carbocycles. The van der Waals surface area contributed by atoms with E-state index in [1.807, 2.05) is 0 Å². The molecule has 1 heterocycles. The quantitative estimate of drug-likeness (QED) is 0.819. The van der Waals surface area contributed by atoms with Gasteiger partial charge in [-0.2, -0.15) is 0 Å². The molecule has 6 nitrogen and oxygen atoms in total. The number of ether oxygens (including phenoxy) is 1. The second kappa shape index (κ2) is 4.77. The monoisotopic (exact) mass is 267 g/mol. The predicted octanol–water partition coefficient (Wildman–Crippen LogP) is 0.798. The minimum Gasteiger partial charge on any atom is -0.497 e. The fourth-order valence-electron chi connectivity index (χ4n) is 1.60. The lowest BCUT2D eigenvalue weighted by Crippen LogP contribution is -2.10. The highest BCUT2D eigenvalue weighted by Gasteiger charge is 2.21. The lowest BCUT2D eigenvalue weighted by Gasteiger charge is -2.05. The Bertz CT molecular complexity index is 649. The Morgan fingerprint density at radius 1 is 1.39 bits per heavy atom. The number of aromatic nitrogens is 3. The van der Waals surface area contributed by atoms with Crippen molar-refractivity contribution in [2.45, 2.75) is 10.9 Å². The highest BCUT2D eigenvalue weighted by Crippen LogP contribution is 2.17. The van der Waals surface area contributed by atoms with Crippen LogP contribution in [-0.4, -0.2) is 30.3 Å². The van der Waals surface area contributed by atoms with E-state index in [0.29, 0.717) is 11.3 Å². The van der Waals surface area contributed by atoms with E-state index in [4.69, 9.17) is 4.74 Å². The predicted molar refractivity (Wildman–Crippen MR) is 64.9 cm³/mol. The molecule has 0 fully saturated rings. The summed E-state index contributed by atoms with van der Waals surface area (Å²) in [4.78, 5) is 0. The van der Waals surface area contributed by atoms with Gasteiger partial charge in [-0.15, -0.1) is 10.2 Å². The number of methoxy groups -OCH3 is 1. The van der Waals surface area contributed by atoms with Gasteiger partial charge in [-0.25, -0.2) is 8.42 Å². The van der Waals surface area contributed by atoms with Crippen molar-refractivity contribution in [1.82, 2.24) is 14.8 Å². The molecule has 0 saturated heterocycles. The molecule has 0 saturated carbocycles. The maximum Gasteiger partial charge on any atom is 0.249 e. The molecule has 0 atom stereocenters. The van der Waals surface area contributed by atoms with Gasteiger partial charge in [-0.3, -0.25) is 0 Å². The maximum absolute atomic E-state index is 12.1. The summed E-state index contributed by atoms with van der Waals surface area (Å²) in [6, 6.07) is 6.93. The Morgan fingerprint density at radius 2 is 2.17 bits per heavy atom. The molecule has 0 aliphatic rings.